The van der Waals surface area contributed by atoms with Crippen molar-refractivity contribution in [1.29, 1.82) is 0 Å². The lowest BCUT2D eigenvalue weighted by atomic mass is 10.1. The molecule has 4 rings (SSSR count). The minimum absolute atomic E-state index is 0.317. The molecule has 2 aromatic carbocycles. The number of H-pyrrole nitrogens is 1. The van der Waals surface area contributed by atoms with E-state index in [1.807, 2.05) is 54.6 Å². The standard InChI is InChI=1S/C18H15N5OS/c1-24-13-10-6-5-9-12(13)15-16-14(11-7-3-2-4-8-11)20-17(19)23(16)22-18(25)21-15/h2-10H,1H3,(H2,19,20)(H,22,25). The molecule has 0 atom stereocenters. The second kappa shape index (κ2) is 6.03. The van der Waals surface area contributed by atoms with Crippen LogP contribution in [-0.2, 0) is 0 Å². The van der Waals surface area contributed by atoms with Gasteiger partial charge in [-0.25, -0.2) is 14.5 Å². The Hall–Kier alpha value is -3.19. The number of imidazole rings is 1. The molecular weight excluding hydrogens is 334 g/mol. The second-order valence-electron chi connectivity index (χ2n) is 5.45. The van der Waals surface area contributed by atoms with Crippen LogP contribution >= 0.6 is 12.2 Å². The van der Waals surface area contributed by atoms with Crippen LogP contribution in [0.4, 0.5) is 5.95 Å². The van der Waals surface area contributed by atoms with Crippen molar-refractivity contribution in [2.45, 2.75) is 0 Å². The first kappa shape index (κ1) is 15.3. The van der Waals surface area contributed by atoms with Crippen LogP contribution in [0.1, 0.15) is 0 Å². The molecule has 0 fully saturated rings. The number of nitrogen functional groups attached to an aromatic ring is 1. The number of ether oxygens (including phenoxy) is 1. The molecule has 0 amide bonds. The number of nitrogens with two attached hydrogens (primary N) is 1. The average molecular weight is 349 g/mol. The summed E-state index contributed by atoms with van der Waals surface area (Å²) in [6.45, 7) is 0. The Morgan fingerprint density at radius 3 is 2.48 bits per heavy atom. The van der Waals surface area contributed by atoms with E-state index in [-0.39, 0.29) is 0 Å². The first-order valence-corrected chi connectivity index (χ1v) is 8.07. The van der Waals surface area contributed by atoms with E-state index in [0.29, 0.717) is 22.2 Å². The van der Waals surface area contributed by atoms with E-state index in [4.69, 9.17) is 22.7 Å². The first-order chi connectivity index (χ1) is 12.2. The number of nitrogens with one attached hydrogen (secondary N) is 1. The molecule has 124 valence electrons. The number of aromatic nitrogens is 4. The SMILES string of the molecule is COc1ccccc1-c1nc(=S)[nH]n2c(N)nc(-c3ccccc3)c12. The molecule has 0 bridgehead atoms. The van der Waals surface area contributed by atoms with Crippen LogP contribution in [0.3, 0.4) is 0 Å². The van der Waals surface area contributed by atoms with Gasteiger partial charge in [-0.05, 0) is 24.4 Å². The van der Waals surface area contributed by atoms with Gasteiger partial charge in [-0.15, -0.1) is 0 Å². The fraction of sp³-hybridized carbons (Fsp3) is 0.0556. The summed E-state index contributed by atoms with van der Waals surface area (Å²) >= 11 is 5.28. The summed E-state index contributed by atoms with van der Waals surface area (Å²) in [5.74, 6) is 1.02. The Bertz CT molecular complexity index is 1120. The van der Waals surface area contributed by atoms with Crippen molar-refractivity contribution in [2.75, 3.05) is 12.8 Å². The minimum atomic E-state index is 0.317. The van der Waals surface area contributed by atoms with E-state index in [2.05, 4.69) is 15.1 Å². The lowest BCUT2D eigenvalue weighted by Gasteiger charge is -2.10. The Morgan fingerprint density at radius 1 is 1.00 bits per heavy atom. The number of benzene rings is 2. The fourth-order valence-electron chi connectivity index (χ4n) is 2.87. The zero-order valence-electron chi connectivity index (χ0n) is 13.4. The normalized spacial score (nSPS) is 10.9. The summed E-state index contributed by atoms with van der Waals surface area (Å²) in [4.78, 5) is 9.07. The van der Waals surface area contributed by atoms with Gasteiger partial charge in [0.2, 0.25) is 10.7 Å². The van der Waals surface area contributed by atoms with Gasteiger partial charge in [0, 0.05) is 11.1 Å². The third kappa shape index (κ3) is 2.54. The third-order valence-electron chi connectivity index (χ3n) is 3.96. The molecule has 6 nitrogen and oxygen atoms in total. The van der Waals surface area contributed by atoms with E-state index in [1.165, 1.54) is 0 Å². The smallest absolute Gasteiger partial charge is 0.220 e. The highest BCUT2D eigenvalue weighted by molar-refractivity contribution is 7.71. The minimum Gasteiger partial charge on any atom is -0.496 e. The summed E-state index contributed by atoms with van der Waals surface area (Å²) in [6, 6.07) is 17.5. The van der Waals surface area contributed by atoms with Crippen molar-refractivity contribution < 1.29 is 4.74 Å². The quantitative estimate of drug-likeness (QED) is 0.551. The molecule has 25 heavy (non-hydrogen) atoms. The molecule has 0 saturated carbocycles. The van der Waals surface area contributed by atoms with Gasteiger partial charge in [-0.2, -0.15) is 0 Å². The van der Waals surface area contributed by atoms with E-state index >= 15 is 0 Å². The van der Waals surface area contributed by atoms with Gasteiger partial charge in [0.25, 0.3) is 0 Å². The monoisotopic (exact) mass is 349 g/mol. The van der Waals surface area contributed by atoms with E-state index in [9.17, 15) is 0 Å². The van der Waals surface area contributed by atoms with E-state index in [0.717, 1.165) is 22.3 Å². The molecule has 2 heterocycles. The van der Waals surface area contributed by atoms with Gasteiger partial charge in [-0.3, -0.25) is 5.10 Å². The highest BCUT2D eigenvalue weighted by atomic mass is 32.1. The predicted octanol–water partition coefficient (Wildman–Crippen LogP) is 3.71. The molecule has 0 aliphatic rings. The van der Waals surface area contributed by atoms with Crippen LogP contribution in [0.15, 0.2) is 54.6 Å². The molecule has 0 saturated heterocycles. The molecule has 0 unspecified atom stereocenters. The maximum atomic E-state index is 6.12. The zero-order valence-corrected chi connectivity index (χ0v) is 14.2. The molecular formula is C18H15N5OS. The molecule has 3 N–H and O–H groups in total. The number of methoxy groups -OCH3 is 1. The van der Waals surface area contributed by atoms with E-state index in [1.54, 1.807) is 11.6 Å². The van der Waals surface area contributed by atoms with Gasteiger partial charge in [0.05, 0.1) is 7.11 Å². The lowest BCUT2D eigenvalue weighted by Crippen LogP contribution is -2.02. The predicted molar refractivity (Wildman–Crippen MR) is 100 cm³/mol. The van der Waals surface area contributed by atoms with Gasteiger partial charge >= 0.3 is 0 Å². The number of aromatic amines is 1. The summed E-state index contributed by atoms with van der Waals surface area (Å²) in [5, 5.41) is 2.99. The third-order valence-corrected chi connectivity index (χ3v) is 4.14. The number of anilines is 1. The molecule has 0 spiro atoms. The largest absolute Gasteiger partial charge is 0.496 e. The number of para-hydroxylation sites is 1. The lowest BCUT2D eigenvalue weighted by molar-refractivity contribution is 0.416. The molecule has 7 heteroatoms. The molecule has 2 aromatic heterocycles. The first-order valence-electron chi connectivity index (χ1n) is 7.66. The fourth-order valence-corrected chi connectivity index (χ4v) is 3.05. The van der Waals surface area contributed by atoms with Crippen LogP contribution in [0, 0.1) is 4.77 Å². The van der Waals surface area contributed by atoms with Crippen LogP contribution in [-0.4, -0.2) is 26.7 Å². The van der Waals surface area contributed by atoms with Gasteiger partial charge in [0.15, 0.2) is 0 Å². The van der Waals surface area contributed by atoms with Gasteiger partial charge < -0.3 is 10.5 Å². The molecule has 0 aliphatic carbocycles. The maximum absolute atomic E-state index is 6.12. The topological polar surface area (TPSA) is 81.2 Å². The van der Waals surface area contributed by atoms with Crippen LogP contribution in [0.5, 0.6) is 5.75 Å². The van der Waals surface area contributed by atoms with E-state index < -0.39 is 0 Å². The number of hydrogen-bond acceptors (Lipinski definition) is 5. The van der Waals surface area contributed by atoms with Crippen molar-refractivity contribution in [3.05, 3.63) is 59.4 Å². The van der Waals surface area contributed by atoms with Gasteiger partial charge in [0.1, 0.15) is 22.7 Å². The van der Waals surface area contributed by atoms with Crippen LogP contribution in [0.25, 0.3) is 28.0 Å². The van der Waals surface area contributed by atoms with Crippen LogP contribution in [0.2, 0.25) is 0 Å². The molecule has 0 radical (unpaired) electrons. The zero-order chi connectivity index (χ0) is 17.4. The van der Waals surface area contributed by atoms with Crippen LogP contribution < -0.4 is 10.5 Å². The summed E-state index contributed by atoms with van der Waals surface area (Å²) in [6.07, 6.45) is 0. The van der Waals surface area contributed by atoms with Gasteiger partial charge in [-0.1, -0.05) is 42.5 Å². The molecule has 4 aromatic rings. The van der Waals surface area contributed by atoms with Crippen molar-refractivity contribution >= 4 is 23.7 Å². The number of nitrogens with zero attached hydrogens (tertiary/aromatic N) is 3. The maximum Gasteiger partial charge on any atom is 0.220 e. The average Bonchev–Trinajstić information content (AvgIpc) is 2.98. The number of rotatable bonds is 3. The summed E-state index contributed by atoms with van der Waals surface area (Å²) in [5.41, 5.74) is 10.0. The number of hydrogen-bond donors (Lipinski definition) is 2. The number of fused-ring (bicyclic) bond motifs is 1. The second-order valence-corrected chi connectivity index (χ2v) is 5.83. The Morgan fingerprint density at radius 2 is 1.72 bits per heavy atom. The van der Waals surface area contributed by atoms with Crippen molar-refractivity contribution in [3.8, 4) is 28.3 Å². The van der Waals surface area contributed by atoms with Crippen molar-refractivity contribution in [3.63, 3.8) is 0 Å². The van der Waals surface area contributed by atoms with Crippen molar-refractivity contribution in [1.82, 2.24) is 19.6 Å². The Balaban J connectivity index is 2.13. The Labute approximate surface area is 148 Å². The Kier molecular flexibility index (Phi) is 3.70. The van der Waals surface area contributed by atoms with Crippen molar-refractivity contribution in [2.24, 2.45) is 0 Å². The summed E-state index contributed by atoms with van der Waals surface area (Å²) in [7, 11) is 1.63. The highest BCUT2D eigenvalue weighted by Crippen LogP contribution is 2.36. The molecule has 0 aliphatic heterocycles. The summed E-state index contributed by atoms with van der Waals surface area (Å²) < 4.78 is 7.48. The highest BCUT2D eigenvalue weighted by Gasteiger charge is 2.19.